The van der Waals surface area contributed by atoms with Crippen molar-refractivity contribution in [3.8, 4) is 22.0 Å². The second-order valence-electron chi connectivity index (χ2n) is 4.13. The number of thiazole rings is 1. The van der Waals surface area contributed by atoms with E-state index >= 15 is 0 Å². The lowest BCUT2D eigenvalue weighted by Gasteiger charge is -1.90. The Labute approximate surface area is 118 Å². The summed E-state index contributed by atoms with van der Waals surface area (Å²) in [5.74, 6) is -0.563. The molecule has 102 valence electrons. The van der Waals surface area contributed by atoms with Crippen LogP contribution in [0, 0.1) is 0 Å². The molecular formula is C13H11N3O3S. The quantitative estimate of drug-likeness (QED) is 0.798. The summed E-state index contributed by atoms with van der Waals surface area (Å²) < 4.78 is 7.06. The Morgan fingerprint density at radius 2 is 2.40 bits per heavy atom. The third-order valence-electron chi connectivity index (χ3n) is 2.81. The Hall–Kier alpha value is -2.41. The molecule has 7 heteroatoms. The SMILES string of the molecule is CCn1cc(-c2nc(-c3cc(C(=O)O)co3)cs2)cn1. The van der Waals surface area contributed by atoms with Crippen LogP contribution in [0.5, 0.6) is 0 Å². The van der Waals surface area contributed by atoms with E-state index in [-0.39, 0.29) is 5.56 Å². The molecule has 0 radical (unpaired) electrons. The van der Waals surface area contributed by atoms with Gasteiger partial charge in [-0.3, -0.25) is 4.68 Å². The van der Waals surface area contributed by atoms with Crippen molar-refractivity contribution >= 4 is 17.3 Å². The summed E-state index contributed by atoms with van der Waals surface area (Å²) in [5, 5.41) is 15.7. The van der Waals surface area contributed by atoms with E-state index in [0.29, 0.717) is 11.5 Å². The van der Waals surface area contributed by atoms with Crippen molar-refractivity contribution in [2.45, 2.75) is 13.5 Å². The van der Waals surface area contributed by atoms with Crippen LogP contribution in [0.4, 0.5) is 0 Å². The van der Waals surface area contributed by atoms with Crippen LogP contribution in [0.25, 0.3) is 22.0 Å². The van der Waals surface area contributed by atoms with Gasteiger partial charge < -0.3 is 9.52 Å². The summed E-state index contributed by atoms with van der Waals surface area (Å²) in [4.78, 5) is 15.3. The van der Waals surface area contributed by atoms with Crippen molar-refractivity contribution in [3.05, 3.63) is 35.7 Å². The molecule has 0 saturated carbocycles. The predicted octanol–water partition coefficient (Wildman–Crippen LogP) is 2.98. The molecule has 0 bridgehead atoms. The zero-order valence-corrected chi connectivity index (χ0v) is 11.4. The van der Waals surface area contributed by atoms with Gasteiger partial charge in [0, 0.05) is 29.8 Å². The van der Waals surface area contributed by atoms with Gasteiger partial charge in [0.1, 0.15) is 17.0 Å². The van der Waals surface area contributed by atoms with Crippen molar-refractivity contribution in [1.82, 2.24) is 14.8 Å². The number of hydrogen-bond donors (Lipinski definition) is 1. The normalized spacial score (nSPS) is 10.8. The molecule has 0 saturated heterocycles. The number of hydrogen-bond acceptors (Lipinski definition) is 5. The molecule has 3 heterocycles. The van der Waals surface area contributed by atoms with Gasteiger partial charge in [-0.25, -0.2) is 9.78 Å². The van der Waals surface area contributed by atoms with Crippen LogP contribution in [0.3, 0.4) is 0 Å². The third-order valence-corrected chi connectivity index (χ3v) is 3.70. The standard InChI is InChI=1S/C13H11N3O3S/c1-2-16-5-9(4-14-16)12-15-10(7-20-12)11-3-8(6-19-11)13(17)18/h3-7H,2H2,1H3,(H,17,18). The molecule has 0 spiro atoms. The van der Waals surface area contributed by atoms with Crippen LogP contribution in [-0.2, 0) is 6.54 Å². The second-order valence-corrected chi connectivity index (χ2v) is 4.99. The first-order valence-electron chi connectivity index (χ1n) is 5.98. The van der Waals surface area contributed by atoms with Crippen molar-refractivity contribution in [2.24, 2.45) is 0 Å². The Morgan fingerprint density at radius 1 is 1.55 bits per heavy atom. The first kappa shape index (κ1) is 12.6. The highest BCUT2D eigenvalue weighted by atomic mass is 32.1. The number of furan rings is 1. The van der Waals surface area contributed by atoms with Gasteiger partial charge in [0.25, 0.3) is 0 Å². The Kier molecular flexibility index (Phi) is 3.11. The monoisotopic (exact) mass is 289 g/mol. The van der Waals surface area contributed by atoms with Crippen LogP contribution in [0.15, 0.2) is 34.5 Å². The van der Waals surface area contributed by atoms with E-state index in [0.717, 1.165) is 17.1 Å². The minimum atomic E-state index is -1.01. The zero-order valence-electron chi connectivity index (χ0n) is 10.6. The minimum absolute atomic E-state index is 0.119. The van der Waals surface area contributed by atoms with E-state index < -0.39 is 5.97 Å². The van der Waals surface area contributed by atoms with E-state index in [4.69, 9.17) is 9.52 Å². The number of nitrogens with zero attached hydrogens (tertiary/aromatic N) is 3. The Bertz CT molecular complexity index is 756. The van der Waals surface area contributed by atoms with E-state index in [1.165, 1.54) is 23.7 Å². The zero-order chi connectivity index (χ0) is 14.1. The number of rotatable bonds is 4. The topological polar surface area (TPSA) is 81.2 Å². The molecule has 0 aliphatic rings. The number of carboxylic acids is 1. The molecule has 20 heavy (non-hydrogen) atoms. The van der Waals surface area contributed by atoms with E-state index in [1.807, 2.05) is 23.2 Å². The summed E-state index contributed by atoms with van der Waals surface area (Å²) in [7, 11) is 0. The van der Waals surface area contributed by atoms with Crippen molar-refractivity contribution < 1.29 is 14.3 Å². The van der Waals surface area contributed by atoms with Gasteiger partial charge in [0.15, 0.2) is 5.76 Å². The van der Waals surface area contributed by atoms with E-state index in [9.17, 15) is 4.79 Å². The largest absolute Gasteiger partial charge is 0.478 e. The lowest BCUT2D eigenvalue weighted by atomic mass is 10.3. The molecular weight excluding hydrogens is 278 g/mol. The number of carboxylic acid groups (broad SMARTS) is 1. The molecule has 0 unspecified atom stereocenters. The lowest BCUT2D eigenvalue weighted by molar-refractivity contribution is 0.0696. The molecule has 6 nitrogen and oxygen atoms in total. The van der Waals surface area contributed by atoms with Crippen LogP contribution in [-0.4, -0.2) is 25.8 Å². The molecule has 0 aromatic carbocycles. The highest BCUT2D eigenvalue weighted by Gasteiger charge is 2.14. The van der Waals surface area contributed by atoms with Gasteiger partial charge in [0.05, 0.1) is 11.8 Å². The van der Waals surface area contributed by atoms with Crippen molar-refractivity contribution in [1.29, 1.82) is 0 Å². The maximum Gasteiger partial charge on any atom is 0.338 e. The summed E-state index contributed by atoms with van der Waals surface area (Å²) in [6.45, 7) is 2.82. The predicted molar refractivity (Wildman–Crippen MR) is 73.7 cm³/mol. The molecule has 0 fully saturated rings. The van der Waals surface area contributed by atoms with E-state index in [1.54, 1.807) is 6.20 Å². The fourth-order valence-corrected chi connectivity index (χ4v) is 2.53. The Morgan fingerprint density at radius 3 is 3.05 bits per heavy atom. The van der Waals surface area contributed by atoms with Crippen LogP contribution < -0.4 is 0 Å². The number of aromatic nitrogens is 3. The average Bonchev–Trinajstić information content (AvgIpc) is 3.17. The number of aryl methyl sites for hydroxylation is 1. The lowest BCUT2D eigenvalue weighted by Crippen LogP contribution is -1.91. The van der Waals surface area contributed by atoms with E-state index in [2.05, 4.69) is 10.1 Å². The first-order chi connectivity index (χ1) is 9.67. The number of aromatic carboxylic acids is 1. The maximum absolute atomic E-state index is 10.8. The highest BCUT2D eigenvalue weighted by molar-refractivity contribution is 7.13. The summed E-state index contributed by atoms with van der Waals surface area (Å²) >= 11 is 1.47. The minimum Gasteiger partial charge on any atom is -0.478 e. The second kappa shape index (κ2) is 4.93. The molecule has 0 aliphatic heterocycles. The molecule has 3 aromatic heterocycles. The summed E-state index contributed by atoms with van der Waals surface area (Å²) in [5.41, 5.74) is 1.68. The average molecular weight is 289 g/mol. The van der Waals surface area contributed by atoms with Crippen molar-refractivity contribution in [3.63, 3.8) is 0 Å². The molecule has 1 N–H and O–H groups in total. The van der Waals surface area contributed by atoms with Gasteiger partial charge >= 0.3 is 5.97 Å². The fourth-order valence-electron chi connectivity index (χ4n) is 1.75. The van der Waals surface area contributed by atoms with Crippen LogP contribution >= 0.6 is 11.3 Å². The fraction of sp³-hybridized carbons (Fsp3) is 0.154. The van der Waals surface area contributed by atoms with Crippen LogP contribution in [0.1, 0.15) is 17.3 Å². The molecule has 0 atom stereocenters. The van der Waals surface area contributed by atoms with Gasteiger partial charge in [-0.05, 0) is 6.92 Å². The highest BCUT2D eigenvalue weighted by Crippen LogP contribution is 2.29. The molecule has 0 aliphatic carbocycles. The van der Waals surface area contributed by atoms with Gasteiger partial charge in [0.2, 0.25) is 0 Å². The van der Waals surface area contributed by atoms with Crippen molar-refractivity contribution in [2.75, 3.05) is 0 Å². The first-order valence-corrected chi connectivity index (χ1v) is 6.86. The smallest absolute Gasteiger partial charge is 0.338 e. The molecule has 0 amide bonds. The third kappa shape index (κ3) is 2.23. The Balaban J connectivity index is 1.90. The molecule has 3 rings (SSSR count). The summed E-state index contributed by atoms with van der Waals surface area (Å²) in [6, 6.07) is 1.47. The summed E-state index contributed by atoms with van der Waals surface area (Å²) in [6.07, 6.45) is 4.90. The molecule has 3 aromatic rings. The van der Waals surface area contributed by atoms with Gasteiger partial charge in [-0.2, -0.15) is 5.10 Å². The van der Waals surface area contributed by atoms with Crippen LogP contribution in [0.2, 0.25) is 0 Å². The number of carbonyl (C=O) groups is 1. The van der Waals surface area contributed by atoms with Gasteiger partial charge in [-0.15, -0.1) is 11.3 Å². The van der Waals surface area contributed by atoms with Gasteiger partial charge in [-0.1, -0.05) is 0 Å². The maximum atomic E-state index is 10.8.